The maximum Gasteiger partial charge on any atom is 0.255 e. The Labute approximate surface area is 178 Å². The third-order valence-electron chi connectivity index (χ3n) is 4.31. The van der Waals surface area contributed by atoms with Crippen LogP contribution in [0.25, 0.3) is 0 Å². The van der Waals surface area contributed by atoms with E-state index in [2.05, 4.69) is 26.6 Å². The summed E-state index contributed by atoms with van der Waals surface area (Å²) in [6.07, 6.45) is 2.51. The number of rotatable bonds is 9. The van der Waals surface area contributed by atoms with Crippen LogP contribution in [-0.4, -0.2) is 37.0 Å². The lowest BCUT2D eigenvalue weighted by Gasteiger charge is -2.22. The maximum atomic E-state index is 12.9. The van der Waals surface area contributed by atoms with Crippen molar-refractivity contribution in [1.29, 1.82) is 0 Å². The monoisotopic (exact) mass is 464 g/mol. The lowest BCUT2D eigenvalue weighted by molar-refractivity contribution is -0.123. The molecule has 0 bridgehead atoms. The quantitative estimate of drug-likeness (QED) is 0.583. The predicted molar refractivity (Wildman–Crippen MR) is 118 cm³/mol. The van der Waals surface area contributed by atoms with Gasteiger partial charge in [-0.3, -0.25) is 9.59 Å². The topological polar surface area (TPSA) is 67.4 Å². The van der Waals surface area contributed by atoms with Crippen LogP contribution in [0.3, 0.4) is 0 Å². The van der Waals surface area contributed by atoms with Crippen molar-refractivity contribution in [3.05, 3.63) is 64.1 Å². The van der Waals surface area contributed by atoms with Gasteiger partial charge in [-0.2, -0.15) is 11.8 Å². The van der Waals surface area contributed by atoms with E-state index in [0.29, 0.717) is 17.7 Å². The van der Waals surface area contributed by atoms with E-state index in [9.17, 15) is 9.59 Å². The first-order valence-electron chi connectivity index (χ1n) is 8.95. The highest BCUT2D eigenvalue weighted by molar-refractivity contribution is 9.10. The third-order valence-corrected chi connectivity index (χ3v) is 5.68. The molecule has 28 heavy (non-hydrogen) atoms. The molecule has 2 amide bonds. The van der Waals surface area contributed by atoms with Gasteiger partial charge in [0.2, 0.25) is 5.91 Å². The van der Waals surface area contributed by atoms with Crippen molar-refractivity contribution < 1.29 is 14.3 Å². The number of hydrogen-bond acceptors (Lipinski definition) is 4. The molecule has 2 N–H and O–H groups in total. The van der Waals surface area contributed by atoms with Crippen LogP contribution in [0.2, 0.25) is 0 Å². The van der Waals surface area contributed by atoms with Crippen LogP contribution in [0.5, 0.6) is 5.75 Å². The molecule has 150 valence electrons. The van der Waals surface area contributed by atoms with Gasteiger partial charge >= 0.3 is 0 Å². The van der Waals surface area contributed by atoms with Gasteiger partial charge in [0.1, 0.15) is 11.8 Å². The van der Waals surface area contributed by atoms with Crippen molar-refractivity contribution in [3.63, 3.8) is 0 Å². The number of para-hydroxylation sites is 1. The normalized spacial score (nSPS) is 12.7. The first kappa shape index (κ1) is 22.3. The summed E-state index contributed by atoms with van der Waals surface area (Å²) in [5.74, 6) is 0.701. The number of halogens is 1. The molecule has 5 nitrogen and oxygen atoms in total. The highest BCUT2D eigenvalue weighted by atomic mass is 79.9. The minimum Gasteiger partial charge on any atom is -0.496 e. The molecule has 0 radical (unpaired) electrons. The van der Waals surface area contributed by atoms with Gasteiger partial charge in [0.25, 0.3) is 5.91 Å². The summed E-state index contributed by atoms with van der Waals surface area (Å²) in [7, 11) is 1.52. The zero-order chi connectivity index (χ0) is 20.5. The first-order chi connectivity index (χ1) is 13.5. The van der Waals surface area contributed by atoms with Crippen molar-refractivity contribution in [2.75, 3.05) is 19.1 Å². The van der Waals surface area contributed by atoms with Gasteiger partial charge in [-0.25, -0.2) is 0 Å². The molecular weight excluding hydrogens is 440 g/mol. The summed E-state index contributed by atoms with van der Waals surface area (Å²) in [5.41, 5.74) is 1.39. The van der Waals surface area contributed by atoms with E-state index in [0.717, 1.165) is 15.8 Å². The van der Waals surface area contributed by atoms with Crippen LogP contribution < -0.4 is 15.4 Å². The number of benzene rings is 2. The van der Waals surface area contributed by atoms with Gasteiger partial charge in [0, 0.05) is 4.47 Å². The lowest BCUT2D eigenvalue weighted by Crippen LogP contribution is -2.47. The average Bonchev–Trinajstić information content (AvgIpc) is 2.70. The molecule has 0 saturated carbocycles. The molecule has 2 unspecified atom stereocenters. The van der Waals surface area contributed by atoms with Crippen LogP contribution in [0.1, 0.15) is 35.3 Å². The van der Waals surface area contributed by atoms with Crippen LogP contribution in [0.15, 0.2) is 53.0 Å². The minimum absolute atomic E-state index is 0.192. The number of ether oxygens (including phenoxy) is 1. The predicted octanol–water partition coefficient (Wildman–Crippen LogP) is 4.19. The number of thioether (sulfide) groups is 1. The van der Waals surface area contributed by atoms with E-state index in [4.69, 9.17) is 4.74 Å². The summed E-state index contributed by atoms with van der Waals surface area (Å²) in [5, 5.41) is 5.87. The van der Waals surface area contributed by atoms with Gasteiger partial charge < -0.3 is 15.4 Å². The molecule has 0 aliphatic rings. The molecule has 0 heterocycles. The average molecular weight is 465 g/mol. The fourth-order valence-corrected chi connectivity index (χ4v) is 3.89. The highest BCUT2D eigenvalue weighted by Gasteiger charge is 2.24. The van der Waals surface area contributed by atoms with Gasteiger partial charge in [0.15, 0.2) is 0 Å². The summed E-state index contributed by atoms with van der Waals surface area (Å²) < 4.78 is 6.19. The standard InChI is InChI=1S/C21H25BrN2O3S/c1-14(15-8-4-6-10-17(15)22)23-21(26)18(12-13-28-3)24-20(25)16-9-5-7-11-19(16)27-2/h4-11,14,18H,12-13H2,1-3H3,(H,23,26)(H,24,25). The highest BCUT2D eigenvalue weighted by Crippen LogP contribution is 2.23. The molecule has 0 aliphatic heterocycles. The number of carbonyl (C=O) groups is 2. The van der Waals surface area contributed by atoms with E-state index in [1.54, 1.807) is 36.0 Å². The van der Waals surface area contributed by atoms with Crippen LogP contribution in [-0.2, 0) is 4.79 Å². The number of methoxy groups -OCH3 is 1. The molecule has 0 aliphatic carbocycles. The Balaban J connectivity index is 2.12. The summed E-state index contributed by atoms with van der Waals surface area (Å²) in [6.45, 7) is 1.92. The molecule has 0 spiro atoms. The van der Waals surface area contributed by atoms with Crippen LogP contribution in [0.4, 0.5) is 0 Å². The fourth-order valence-electron chi connectivity index (χ4n) is 2.79. The molecule has 0 aromatic heterocycles. The Kier molecular flexibility index (Phi) is 8.86. The van der Waals surface area contributed by atoms with E-state index in [1.807, 2.05) is 37.4 Å². The molecule has 7 heteroatoms. The first-order valence-corrected chi connectivity index (χ1v) is 11.1. The molecular formula is C21H25BrN2O3S. The van der Waals surface area contributed by atoms with Gasteiger partial charge in [-0.05, 0) is 49.1 Å². The Morgan fingerprint density at radius 1 is 1.11 bits per heavy atom. The molecule has 2 atom stereocenters. The SMILES string of the molecule is COc1ccccc1C(=O)NC(CCSC)C(=O)NC(C)c1ccccc1Br. The Morgan fingerprint density at radius 2 is 1.79 bits per heavy atom. The van der Waals surface area contributed by atoms with Crippen molar-refractivity contribution in [2.24, 2.45) is 0 Å². The molecule has 2 rings (SSSR count). The second kappa shape index (κ2) is 11.1. The van der Waals surface area contributed by atoms with Crippen molar-refractivity contribution in [1.82, 2.24) is 10.6 Å². The second-order valence-corrected chi connectivity index (χ2v) is 8.10. The number of carbonyl (C=O) groups excluding carboxylic acids is 2. The Morgan fingerprint density at radius 3 is 2.46 bits per heavy atom. The van der Waals surface area contributed by atoms with E-state index in [1.165, 1.54) is 7.11 Å². The molecule has 0 saturated heterocycles. The third kappa shape index (κ3) is 6.01. The van der Waals surface area contributed by atoms with Crippen molar-refractivity contribution >= 4 is 39.5 Å². The van der Waals surface area contributed by atoms with Crippen molar-refractivity contribution in [3.8, 4) is 5.75 Å². The molecule has 0 fully saturated rings. The van der Waals surface area contributed by atoms with Crippen molar-refractivity contribution in [2.45, 2.75) is 25.4 Å². The number of amides is 2. The maximum absolute atomic E-state index is 12.9. The minimum atomic E-state index is -0.630. The van der Waals surface area contributed by atoms with Gasteiger partial charge in [-0.1, -0.05) is 46.3 Å². The van der Waals surface area contributed by atoms with Crippen LogP contribution in [0, 0.1) is 0 Å². The lowest BCUT2D eigenvalue weighted by atomic mass is 10.1. The molecule has 2 aromatic rings. The Bertz CT molecular complexity index is 816. The largest absolute Gasteiger partial charge is 0.496 e. The van der Waals surface area contributed by atoms with Crippen LogP contribution >= 0.6 is 27.7 Å². The van der Waals surface area contributed by atoms with E-state index in [-0.39, 0.29) is 17.9 Å². The molecule has 2 aromatic carbocycles. The summed E-state index contributed by atoms with van der Waals surface area (Å²) >= 11 is 5.15. The van der Waals surface area contributed by atoms with E-state index >= 15 is 0 Å². The summed E-state index contributed by atoms with van der Waals surface area (Å²) in [6, 6.07) is 13.9. The number of hydrogen-bond donors (Lipinski definition) is 2. The zero-order valence-electron chi connectivity index (χ0n) is 16.2. The van der Waals surface area contributed by atoms with E-state index < -0.39 is 6.04 Å². The second-order valence-electron chi connectivity index (χ2n) is 6.26. The van der Waals surface area contributed by atoms with Gasteiger partial charge in [0.05, 0.1) is 18.7 Å². The summed E-state index contributed by atoms with van der Waals surface area (Å²) in [4.78, 5) is 25.6. The Hall–Kier alpha value is -1.99. The zero-order valence-corrected chi connectivity index (χ0v) is 18.6. The fraction of sp³-hybridized carbons (Fsp3) is 0.333. The smallest absolute Gasteiger partial charge is 0.255 e. The number of nitrogens with one attached hydrogen (secondary N) is 2. The van der Waals surface area contributed by atoms with Gasteiger partial charge in [-0.15, -0.1) is 0 Å².